The van der Waals surface area contributed by atoms with Crippen molar-refractivity contribution >= 4 is 16.9 Å². The maximum absolute atomic E-state index is 12.2. The Labute approximate surface area is 133 Å². The Kier molecular flexibility index (Phi) is 4.51. The quantitative estimate of drug-likeness (QED) is 0.676. The highest BCUT2D eigenvalue weighted by molar-refractivity contribution is 5.76. The van der Waals surface area contributed by atoms with Gasteiger partial charge in [0.2, 0.25) is 5.91 Å². The maximum atomic E-state index is 12.2. The van der Waals surface area contributed by atoms with Crippen molar-refractivity contribution < 1.29 is 4.79 Å². The van der Waals surface area contributed by atoms with Crippen LogP contribution in [0.25, 0.3) is 11.0 Å². The molecule has 0 N–H and O–H groups in total. The van der Waals surface area contributed by atoms with Crippen molar-refractivity contribution in [3.8, 4) is 0 Å². The van der Waals surface area contributed by atoms with Crippen LogP contribution in [0.5, 0.6) is 0 Å². The lowest BCUT2D eigenvalue weighted by atomic mass is 10.2. The number of nitrogens with zero attached hydrogens (tertiary/aromatic N) is 7. The molecule has 0 unspecified atom stereocenters. The maximum Gasteiger partial charge on any atom is 0.222 e. The number of tetrazole rings is 1. The molecule has 0 fully saturated rings. The van der Waals surface area contributed by atoms with Gasteiger partial charge in [-0.15, -0.1) is 5.10 Å². The molecule has 0 aliphatic rings. The molecule has 2 heterocycles. The molecule has 0 aliphatic carbocycles. The van der Waals surface area contributed by atoms with Crippen molar-refractivity contribution in [2.75, 3.05) is 7.05 Å². The first-order valence-electron chi connectivity index (χ1n) is 7.38. The molecule has 0 bridgehead atoms. The van der Waals surface area contributed by atoms with E-state index < -0.39 is 0 Å². The van der Waals surface area contributed by atoms with Gasteiger partial charge in [0.1, 0.15) is 6.33 Å². The van der Waals surface area contributed by atoms with Crippen molar-refractivity contribution in [1.82, 2.24) is 35.1 Å². The number of aryl methyl sites for hydroxylation is 1. The van der Waals surface area contributed by atoms with Gasteiger partial charge in [0.25, 0.3) is 0 Å². The summed E-state index contributed by atoms with van der Waals surface area (Å²) >= 11 is 0. The zero-order valence-corrected chi connectivity index (χ0v) is 12.8. The van der Waals surface area contributed by atoms with Crippen molar-refractivity contribution in [3.63, 3.8) is 0 Å². The minimum atomic E-state index is 0.0630. The number of carbonyl (C=O) groups excluding carboxylic acids is 1. The van der Waals surface area contributed by atoms with Gasteiger partial charge < -0.3 is 4.90 Å². The molecule has 2 aromatic heterocycles. The van der Waals surface area contributed by atoms with Crippen LogP contribution < -0.4 is 0 Å². The molecule has 118 valence electrons. The van der Waals surface area contributed by atoms with Gasteiger partial charge in [-0.05, 0) is 29.0 Å². The van der Waals surface area contributed by atoms with E-state index in [0.717, 1.165) is 16.7 Å². The average molecular weight is 311 g/mol. The topological polar surface area (TPSA) is 89.7 Å². The van der Waals surface area contributed by atoms with Crippen LogP contribution in [0.15, 0.2) is 36.8 Å². The normalized spacial score (nSPS) is 10.8. The summed E-state index contributed by atoms with van der Waals surface area (Å²) in [4.78, 5) is 22.7. The lowest BCUT2D eigenvalue weighted by Crippen LogP contribution is -2.26. The third-order valence-electron chi connectivity index (χ3n) is 3.49. The molecular weight excluding hydrogens is 294 g/mol. The lowest BCUT2D eigenvalue weighted by Gasteiger charge is -2.16. The summed E-state index contributed by atoms with van der Waals surface area (Å²) < 4.78 is 1.61. The number of aromatic nitrogens is 6. The van der Waals surface area contributed by atoms with Crippen LogP contribution >= 0.6 is 0 Å². The SMILES string of the molecule is CN(Cc1cnc2ccccc2n1)C(=O)CCCn1cnnn1. The van der Waals surface area contributed by atoms with Gasteiger partial charge in [0.15, 0.2) is 0 Å². The van der Waals surface area contributed by atoms with Crippen molar-refractivity contribution in [3.05, 3.63) is 42.5 Å². The predicted octanol–water partition coefficient (Wildman–Crippen LogP) is 1.06. The van der Waals surface area contributed by atoms with Gasteiger partial charge in [-0.1, -0.05) is 12.1 Å². The Hall–Kier alpha value is -2.90. The highest BCUT2D eigenvalue weighted by Crippen LogP contribution is 2.10. The lowest BCUT2D eigenvalue weighted by molar-refractivity contribution is -0.130. The van der Waals surface area contributed by atoms with Crippen LogP contribution in [0.4, 0.5) is 0 Å². The van der Waals surface area contributed by atoms with E-state index in [1.54, 1.807) is 29.2 Å². The first-order valence-corrected chi connectivity index (χ1v) is 7.38. The number of fused-ring (bicyclic) bond motifs is 1. The van der Waals surface area contributed by atoms with Crippen LogP contribution in [0, 0.1) is 0 Å². The first kappa shape index (κ1) is 15.0. The van der Waals surface area contributed by atoms with E-state index >= 15 is 0 Å². The largest absolute Gasteiger partial charge is 0.340 e. The van der Waals surface area contributed by atoms with Crippen molar-refractivity contribution in [2.45, 2.75) is 25.9 Å². The molecule has 0 saturated heterocycles. The second-order valence-corrected chi connectivity index (χ2v) is 5.28. The summed E-state index contributed by atoms with van der Waals surface area (Å²) in [5, 5.41) is 10.9. The minimum Gasteiger partial charge on any atom is -0.340 e. The summed E-state index contributed by atoms with van der Waals surface area (Å²) in [5.74, 6) is 0.0630. The monoisotopic (exact) mass is 311 g/mol. The molecule has 23 heavy (non-hydrogen) atoms. The third kappa shape index (κ3) is 3.85. The first-order chi connectivity index (χ1) is 11.2. The Morgan fingerprint density at radius 2 is 2.09 bits per heavy atom. The van der Waals surface area contributed by atoms with Crippen LogP contribution in [0.1, 0.15) is 18.5 Å². The van der Waals surface area contributed by atoms with Crippen LogP contribution in [-0.4, -0.2) is 48.0 Å². The molecule has 0 saturated carbocycles. The van der Waals surface area contributed by atoms with E-state index in [4.69, 9.17) is 0 Å². The van der Waals surface area contributed by atoms with Gasteiger partial charge in [-0.3, -0.25) is 9.78 Å². The number of carbonyl (C=O) groups is 1. The molecule has 8 heteroatoms. The predicted molar refractivity (Wildman–Crippen MR) is 83.1 cm³/mol. The summed E-state index contributed by atoms with van der Waals surface area (Å²) in [6, 6.07) is 7.69. The molecule has 0 spiro atoms. The smallest absolute Gasteiger partial charge is 0.222 e. The second kappa shape index (κ2) is 6.91. The zero-order valence-electron chi connectivity index (χ0n) is 12.8. The van der Waals surface area contributed by atoms with Crippen molar-refractivity contribution in [2.24, 2.45) is 0 Å². The molecular formula is C15H17N7O. The van der Waals surface area contributed by atoms with Crippen LogP contribution in [0.2, 0.25) is 0 Å². The van der Waals surface area contributed by atoms with Gasteiger partial charge >= 0.3 is 0 Å². The standard InChI is InChI=1S/C15H17N7O/c1-21(15(23)7-4-8-22-11-17-19-20-22)10-12-9-16-13-5-2-3-6-14(13)18-12/h2-3,5-6,9,11H,4,7-8,10H2,1H3. The molecule has 0 aliphatic heterocycles. The van der Waals surface area contributed by atoms with Crippen molar-refractivity contribution in [1.29, 1.82) is 0 Å². The fraction of sp³-hybridized carbons (Fsp3) is 0.333. The van der Waals surface area contributed by atoms with E-state index in [-0.39, 0.29) is 5.91 Å². The van der Waals surface area contributed by atoms with Gasteiger partial charge in [-0.25, -0.2) is 9.67 Å². The summed E-state index contributed by atoms with van der Waals surface area (Å²) in [5.41, 5.74) is 2.47. The molecule has 0 atom stereocenters. The minimum absolute atomic E-state index is 0.0630. The number of rotatable bonds is 6. The highest BCUT2D eigenvalue weighted by Gasteiger charge is 2.10. The summed E-state index contributed by atoms with van der Waals surface area (Å²) in [7, 11) is 1.77. The fourth-order valence-corrected chi connectivity index (χ4v) is 2.27. The number of para-hydroxylation sites is 2. The number of hydrogen-bond acceptors (Lipinski definition) is 6. The number of amides is 1. The molecule has 1 amide bonds. The Morgan fingerprint density at radius 3 is 2.87 bits per heavy atom. The Balaban J connectivity index is 1.54. The van der Waals surface area contributed by atoms with Gasteiger partial charge in [-0.2, -0.15) is 0 Å². The number of benzene rings is 1. The number of hydrogen-bond donors (Lipinski definition) is 0. The molecule has 3 rings (SSSR count). The van der Waals surface area contributed by atoms with Gasteiger partial charge in [0, 0.05) is 20.0 Å². The molecule has 1 aromatic carbocycles. The van der Waals surface area contributed by atoms with Crippen LogP contribution in [0.3, 0.4) is 0 Å². The summed E-state index contributed by atoms with van der Waals surface area (Å²) in [6.45, 7) is 1.07. The van der Waals surface area contributed by atoms with Crippen LogP contribution in [-0.2, 0) is 17.9 Å². The molecule has 0 radical (unpaired) electrons. The average Bonchev–Trinajstić information content (AvgIpc) is 3.08. The third-order valence-corrected chi connectivity index (χ3v) is 3.49. The Morgan fingerprint density at radius 1 is 1.26 bits per heavy atom. The van der Waals surface area contributed by atoms with E-state index in [0.29, 0.717) is 25.9 Å². The molecule has 3 aromatic rings. The van der Waals surface area contributed by atoms with E-state index in [1.807, 2.05) is 24.3 Å². The molecule has 8 nitrogen and oxygen atoms in total. The highest BCUT2D eigenvalue weighted by atomic mass is 16.2. The van der Waals surface area contributed by atoms with E-state index in [9.17, 15) is 4.79 Å². The van der Waals surface area contributed by atoms with Gasteiger partial charge in [0.05, 0.1) is 29.5 Å². The summed E-state index contributed by atoms with van der Waals surface area (Å²) in [6.07, 6.45) is 4.39. The zero-order chi connectivity index (χ0) is 16.1. The Bertz CT molecular complexity index is 787. The van der Waals surface area contributed by atoms with E-state index in [1.165, 1.54) is 0 Å². The second-order valence-electron chi connectivity index (χ2n) is 5.28. The fourth-order valence-electron chi connectivity index (χ4n) is 2.27. The van der Waals surface area contributed by atoms with E-state index in [2.05, 4.69) is 25.5 Å².